The minimum atomic E-state index is 0.528. The molecule has 3 rings (SSSR count). The maximum Gasteiger partial charge on any atom is 0.131 e. The van der Waals surface area contributed by atoms with Crippen LogP contribution in [0, 0.1) is 13.8 Å². The van der Waals surface area contributed by atoms with Crippen LogP contribution >= 0.6 is 11.6 Å². The van der Waals surface area contributed by atoms with E-state index in [0.717, 1.165) is 36.0 Å². The Hall–Kier alpha value is -1.33. The molecule has 0 aliphatic carbocycles. The van der Waals surface area contributed by atoms with Gasteiger partial charge in [0.25, 0.3) is 0 Å². The van der Waals surface area contributed by atoms with Gasteiger partial charge < -0.3 is 0 Å². The molecular formula is C15H22ClN5. The molecule has 3 heterocycles. The van der Waals surface area contributed by atoms with E-state index in [-0.39, 0.29) is 0 Å². The lowest BCUT2D eigenvalue weighted by molar-refractivity contribution is 0.219. The molecule has 0 radical (unpaired) electrons. The van der Waals surface area contributed by atoms with Crippen LogP contribution in [0.15, 0.2) is 12.4 Å². The third-order valence-electron chi connectivity index (χ3n) is 4.29. The van der Waals surface area contributed by atoms with Crippen molar-refractivity contribution in [1.29, 1.82) is 0 Å². The quantitative estimate of drug-likeness (QED) is 0.871. The molecule has 1 atom stereocenters. The normalized spacial score (nSPS) is 19.5. The number of rotatable bonds is 4. The van der Waals surface area contributed by atoms with Crippen LogP contribution in [0.4, 0.5) is 0 Å². The van der Waals surface area contributed by atoms with E-state index in [1.54, 1.807) is 4.68 Å². The number of likely N-dealkylation sites (tertiary alicyclic amines) is 1. The van der Waals surface area contributed by atoms with Crippen LogP contribution in [0.5, 0.6) is 0 Å². The molecule has 114 valence electrons. The molecule has 1 aliphatic heterocycles. The third kappa shape index (κ3) is 2.99. The Morgan fingerprint density at radius 1 is 1.38 bits per heavy atom. The summed E-state index contributed by atoms with van der Waals surface area (Å²) >= 11 is 6.36. The number of hydrogen-bond acceptors (Lipinski definition) is 3. The summed E-state index contributed by atoms with van der Waals surface area (Å²) in [6, 6.07) is 0.528. The van der Waals surface area contributed by atoms with E-state index in [0.29, 0.717) is 6.04 Å². The fourth-order valence-corrected chi connectivity index (χ4v) is 3.38. The van der Waals surface area contributed by atoms with Crippen molar-refractivity contribution in [3.8, 4) is 0 Å². The van der Waals surface area contributed by atoms with Crippen LogP contribution in [0.3, 0.4) is 0 Å². The van der Waals surface area contributed by atoms with Crippen LogP contribution in [0.25, 0.3) is 0 Å². The zero-order valence-electron chi connectivity index (χ0n) is 12.9. The van der Waals surface area contributed by atoms with Crippen LogP contribution in [0.2, 0.25) is 5.15 Å². The van der Waals surface area contributed by atoms with Crippen molar-refractivity contribution >= 4 is 11.6 Å². The van der Waals surface area contributed by atoms with Crippen LogP contribution in [-0.2, 0) is 20.1 Å². The predicted octanol–water partition coefficient (Wildman–Crippen LogP) is 2.55. The van der Waals surface area contributed by atoms with E-state index >= 15 is 0 Å². The van der Waals surface area contributed by atoms with E-state index in [9.17, 15) is 0 Å². The Kier molecular flexibility index (Phi) is 4.04. The SMILES string of the molecule is Cc1cnn(C[C@H]2CCCN2Cc2c(C)nn(C)c2Cl)c1. The van der Waals surface area contributed by atoms with Crippen molar-refractivity contribution in [2.45, 2.75) is 45.8 Å². The van der Waals surface area contributed by atoms with Gasteiger partial charge in [0.05, 0.1) is 18.4 Å². The van der Waals surface area contributed by atoms with Crippen LogP contribution in [-0.4, -0.2) is 37.0 Å². The molecule has 6 heteroatoms. The van der Waals surface area contributed by atoms with Crippen molar-refractivity contribution in [3.63, 3.8) is 0 Å². The zero-order valence-corrected chi connectivity index (χ0v) is 13.6. The lowest BCUT2D eigenvalue weighted by Gasteiger charge is -2.24. The van der Waals surface area contributed by atoms with Gasteiger partial charge >= 0.3 is 0 Å². The largest absolute Gasteiger partial charge is 0.294 e. The standard InChI is InChI=1S/C15H22ClN5/c1-11-7-17-21(8-11)9-13-5-4-6-20(13)10-14-12(2)18-19(3)15(14)16/h7-8,13H,4-6,9-10H2,1-3H3/t13-/m1/s1. The molecular weight excluding hydrogens is 286 g/mol. The monoisotopic (exact) mass is 307 g/mol. The first-order valence-electron chi connectivity index (χ1n) is 7.45. The van der Waals surface area contributed by atoms with Gasteiger partial charge in [-0.05, 0) is 38.8 Å². The Balaban J connectivity index is 1.72. The number of nitrogens with zero attached hydrogens (tertiary/aromatic N) is 5. The molecule has 1 aliphatic rings. The highest BCUT2D eigenvalue weighted by Crippen LogP contribution is 2.26. The van der Waals surface area contributed by atoms with Crippen molar-refractivity contribution in [2.24, 2.45) is 7.05 Å². The molecule has 0 amide bonds. The molecule has 1 saturated heterocycles. The average Bonchev–Trinajstić information content (AvgIpc) is 3.09. The summed E-state index contributed by atoms with van der Waals surface area (Å²) in [5, 5.41) is 9.57. The number of aryl methyl sites for hydroxylation is 3. The molecule has 2 aromatic heterocycles. The van der Waals surface area contributed by atoms with E-state index in [4.69, 9.17) is 11.6 Å². The molecule has 0 unspecified atom stereocenters. The summed E-state index contributed by atoms with van der Waals surface area (Å²) in [5.41, 5.74) is 3.40. The van der Waals surface area contributed by atoms with E-state index in [2.05, 4.69) is 32.9 Å². The van der Waals surface area contributed by atoms with Gasteiger partial charge in [-0.1, -0.05) is 11.6 Å². The molecule has 2 aromatic rings. The minimum Gasteiger partial charge on any atom is -0.294 e. The Morgan fingerprint density at radius 2 is 2.19 bits per heavy atom. The fourth-order valence-electron chi connectivity index (χ4n) is 3.15. The van der Waals surface area contributed by atoms with Crippen molar-refractivity contribution in [2.75, 3.05) is 6.54 Å². The molecule has 0 N–H and O–H groups in total. The Morgan fingerprint density at radius 3 is 2.81 bits per heavy atom. The summed E-state index contributed by atoms with van der Waals surface area (Å²) in [6.45, 7) is 7.06. The van der Waals surface area contributed by atoms with Crippen molar-refractivity contribution < 1.29 is 0 Å². The van der Waals surface area contributed by atoms with Gasteiger partial charge in [-0.15, -0.1) is 0 Å². The first-order chi connectivity index (χ1) is 10.0. The number of halogens is 1. The van der Waals surface area contributed by atoms with E-state index in [1.807, 2.05) is 20.2 Å². The predicted molar refractivity (Wildman–Crippen MR) is 83.4 cm³/mol. The highest BCUT2D eigenvalue weighted by Gasteiger charge is 2.27. The van der Waals surface area contributed by atoms with Gasteiger partial charge in [0.1, 0.15) is 5.15 Å². The maximum absolute atomic E-state index is 6.36. The second-order valence-corrected chi connectivity index (χ2v) is 6.34. The molecule has 0 aromatic carbocycles. The van der Waals surface area contributed by atoms with Crippen molar-refractivity contribution in [1.82, 2.24) is 24.5 Å². The smallest absolute Gasteiger partial charge is 0.131 e. The van der Waals surface area contributed by atoms with Gasteiger partial charge in [0.2, 0.25) is 0 Å². The molecule has 0 spiro atoms. The first-order valence-corrected chi connectivity index (χ1v) is 7.83. The highest BCUT2D eigenvalue weighted by atomic mass is 35.5. The number of hydrogen-bond donors (Lipinski definition) is 0. The molecule has 21 heavy (non-hydrogen) atoms. The molecule has 0 bridgehead atoms. The summed E-state index contributed by atoms with van der Waals surface area (Å²) in [5.74, 6) is 0. The Bertz CT molecular complexity index is 630. The minimum absolute atomic E-state index is 0.528. The summed E-state index contributed by atoms with van der Waals surface area (Å²) < 4.78 is 3.81. The second-order valence-electron chi connectivity index (χ2n) is 5.98. The number of aromatic nitrogens is 4. The average molecular weight is 308 g/mol. The van der Waals surface area contributed by atoms with Crippen LogP contribution in [0.1, 0.15) is 29.7 Å². The fraction of sp³-hybridized carbons (Fsp3) is 0.600. The summed E-state index contributed by atoms with van der Waals surface area (Å²) in [4.78, 5) is 2.51. The summed E-state index contributed by atoms with van der Waals surface area (Å²) in [6.07, 6.45) is 6.48. The van der Waals surface area contributed by atoms with Crippen molar-refractivity contribution in [3.05, 3.63) is 34.4 Å². The van der Waals surface area contributed by atoms with E-state index in [1.165, 1.54) is 18.4 Å². The van der Waals surface area contributed by atoms with Gasteiger partial charge in [-0.3, -0.25) is 14.3 Å². The first kappa shape index (κ1) is 14.6. The van der Waals surface area contributed by atoms with Gasteiger partial charge in [-0.25, -0.2) is 0 Å². The highest BCUT2D eigenvalue weighted by molar-refractivity contribution is 6.30. The topological polar surface area (TPSA) is 38.9 Å². The van der Waals surface area contributed by atoms with Gasteiger partial charge in [0.15, 0.2) is 0 Å². The third-order valence-corrected chi connectivity index (χ3v) is 4.76. The maximum atomic E-state index is 6.36. The molecule has 1 fully saturated rings. The molecule has 0 saturated carbocycles. The molecule has 5 nitrogen and oxygen atoms in total. The van der Waals surface area contributed by atoms with Gasteiger partial charge in [-0.2, -0.15) is 10.2 Å². The van der Waals surface area contributed by atoms with E-state index < -0.39 is 0 Å². The lowest BCUT2D eigenvalue weighted by Crippen LogP contribution is -2.32. The second kappa shape index (κ2) is 5.81. The lowest BCUT2D eigenvalue weighted by atomic mass is 10.2. The van der Waals surface area contributed by atoms with Gasteiger partial charge in [0, 0.05) is 31.4 Å². The summed E-state index contributed by atoms with van der Waals surface area (Å²) in [7, 11) is 1.90. The zero-order chi connectivity index (χ0) is 15.0. The Labute approximate surface area is 130 Å². The van der Waals surface area contributed by atoms with Crippen LogP contribution < -0.4 is 0 Å².